The lowest BCUT2D eigenvalue weighted by molar-refractivity contribution is 0.263. The lowest BCUT2D eigenvalue weighted by atomic mass is 10.1. The van der Waals surface area contributed by atoms with Gasteiger partial charge in [-0.15, -0.1) is 0 Å². The van der Waals surface area contributed by atoms with Crippen molar-refractivity contribution in [2.75, 3.05) is 13.2 Å². The van der Waals surface area contributed by atoms with Crippen molar-refractivity contribution >= 4 is 0 Å². The number of epoxide rings is 1. The van der Waals surface area contributed by atoms with E-state index in [0.717, 1.165) is 25.2 Å². The lowest BCUT2D eigenvalue weighted by Crippen LogP contribution is -2.03. The molecule has 1 aromatic rings. The molecule has 0 aromatic heterocycles. The van der Waals surface area contributed by atoms with E-state index in [0.29, 0.717) is 12.7 Å². The zero-order chi connectivity index (χ0) is 19.0. The zero-order valence-corrected chi connectivity index (χ0v) is 17.5. The summed E-state index contributed by atoms with van der Waals surface area (Å²) in [6.07, 6.45) is 22.7. The highest BCUT2D eigenvalue weighted by atomic mass is 16.6. The minimum Gasteiger partial charge on any atom is -0.491 e. The van der Waals surface area contributed by atoms with Crippen LogP contribution in [0.15, 0.2) is 36.4 Å². The van der Waals surface area contributed by atoms with Gasteiger partial charge in [-0.25, -0.2) is 0 Å². The van der Waals surface area contributed by atoms with Crippen molar-refractivity contribution in [3.63, 3.8) is 0 Å². The lowest BCUT2D eigenvalue weighted by Gasteiger charge is -2.05. The van der Waals surface area contributed by atoms with Crippen LogP contribution >= 0.6 is 0 Å². The van der Waals surface area contributed by atoms with E-state index in [1.165, 1.54) is 76.2 Å². The van der Waals surface area contributed by atoms with E-state index >= 15 is 0 Å². The van der Waals surface area contributed by atoms with E-state index in [1.54, 1.807) is 0 Å². The second-order valence-electron chi connectivity index (χ2n) is 7.89. The largest absolute Gasteiger partial charge is 0.491 e. The first-order chi connectivity index (χ1) is 13.4. The Hall–Kier alpha value is -1.28. The molecule has 2 rings (SSSR count). The summed E-state index contributed by atoms with van der Waals surface area (Å²) >= 11 is 0. The highest BCUT2D eigenvalue weighted by Gasteiger charge is 2.22. The second kappa shape index (κ2) is 14.7. The van der Waals surface area contributed by atoms with Gasteiger partial charge in [-0.3, -0.25) is 0 Å². The highest BCUT2D eigenvalue weighted by molar-refractivity contribution is 5.27. The smallest absolute Gasteiger partial charge is 0.119 e. The molecule has 0 spiro atoms. The van der Waals surface area contributed by atoms with E-state index in [9.17, 15) is 0 Å². The van der Waals surface area contributed by atoms with Crippen LogP contribution in [0, 0.1) is 0 Å². The quantitative estimate of drug-likeness (QED) is 0.163. The molecule has 27 heavy (non-hydrogen) atoms. The van der Waals surface area contributed by atoms with Crippen molar-refractivity contribution < 1.29 is 9.47 Å². The molecule has 2 nitrogen and oxygen atoms in total. The van der Waals surface area contributed by atoms with Crippen molar-refractivity contribution in [3.05, 3.63) is 42.0 Å². The fourth-order valence-electron chi connectivity index (χ4n) is 3.34. The van der Waals surface area contributed by atoms with E-state index in [4.69, 9.17) is 9.47 Å². The number of allylic oxidation sites excluding steroid dienone is 2. The van der Waals surface area contributed by atoms with E-state index < -0.39 is 0 Å². The molecule has 0 amide bonds. The number of ether oxygens (including phenoxy) is 2. The first-order valence-electron chi connectivity index (χ1n) is 11.4. The Morgan fingerprint density at radius 3 is 2.07 bits per heavy atom. The molecular formula is C25H40O2. The number of rotatable bonds is 17. The maximum absolute atomic E-state index is 5.67. The Morgan fingerprint density at radius 1 is 0.852 bits per heavy atom. The number of hydrogen-bond donors (Lipinski definition) is 0. The van der Waals surface area contributed by atoms with Crippen LogP contribution in [0.5, 0.6) is 5.75 Å². The molecule has 1 aliphatic heterocycles. The van der Waals surface area contributed by atoms with Crippen LogP contribution in [0.2, 0.25) is 0 Å². The van der Waals surface area contributed by atoms with Gasteiger partial charge in [0.1, 0.15) is 18.5 Å². The van der Waals surface area contributed by atoms with Crippen LogP contribution < -0.4 is 4.74 Å². The fourth-order valence-corrected chi connectivity index (χ4v) is 3.34. The Balaban J connectivity index is 1.38. The number of unbranched alkanes of at least 4 members (excludes halogenated alkanes) is 10. The molecule has 1 aliphatic rings. The second-order valence-corrected chi connectivity index (χ2v) is 7.89. The molecule has 1 atom stereocenters. The SMILES string of the molecule is CCCCCCCCCCCC/C=C/CCc1ccc(OCC2CO2)cc1. The summed E-state index contributed by atoms with van der Waals surface area (Å²) in [6.45, 7) is 3.82. The third kappa shape index (κ3) is 11.9. The van der Waals surface area contributed by atoms with Crippen LogP contribution in [0.25, 0.3) is 0 Å². The molecule has 1 heterocycles. The van der Waals surface area contributed by atoms with Gasteiger partial charge in [0.25, 0.3) is 0 Å². The predicted molar refractivity (Wildman–Crippen MR) is 116 cm³/mol. The maximum atomic E-state index is 5.67. The minimum atomic E-state index is 0.324. The van der Waals surface area contributed by atoms with E-state index in [2.05, 4.69) is 43.3 Å². The van der Waals surface area contributed by atoms with Crippen molar-refractivity contribution in [2.45, 2.75) is 96.5 Å². The summed E-state index contributed by atoms with van der Waals surface area (Å²) in [4.78, 5) is 0. The topological polar surface area (TPSA) is 21.8 Å². The van der Waals surface area contributed by atoms with Gasteiger partial charge < -0.3 is 9.47 Å². The maximum Gasteiger partial charge on any atom is 0.119 e. The monoisotopic (exact) mass is 372 g/mol. The Bertz CT molecular complexity index is 488. The Morgan fingerprint density at radius 2 is 1.44 bits per heavy atom. The summed E-state index contributed by atoms with van der Waals surface area (Å²) in [5, 5.41) is 0. The summed E-state index contributed by atoms with van der Waals surface area (Å²) in [6, 6.07) is 8.51. The third-order valence-corrected chi connectivity index (χ3v) is 5.25. The van der Waals surface area contributed by atoms with Gasteiger partial charge in [0.2, 0.25) is 0 Å². The number of hydrogen-bond acceptors (Lipinski definition) is 2. The summed E-state index contributed by atoms with van der Waals surface area (Å²) in [5.74, 6) is 0.950. The standard InChI is InChI=1S/C25H40O2/c1-2-3-4-5-6-7-8-9-10-11-12-13-14-15-16-23-17-19-24(20-18-23)26-21-25-22-27-25/h13-14,17-20,25H,2-12,15-16,21-22H2,1H3/b14-13+. The van der Waals surface area contributed by atoms with Crippen molar-refractivity contribution in [1.29, 1.82) is 0 Å². The van der Waals surface area contributed by atoms with Crippen LogP contribution in [-0.4, -0.2) is 19.3 Å². The Labute approximate surface area is 167 Å². The van der Waals surface area contributed by atoms with Gasteiger partial charge in [-0.1, -0.05) is 89.0 Å². The van der Waals surface area contributed by atoms with Gasteiger partial charge in [-0.05, 0) is 43.4 Å². The summed E-state index contributed by atoms with van der Waals surface area (Å²) in [7, 11) is 0. The molecular weight excluding hydrogens is 332 g/mol. The molecule has 1 aromatic carbocycles. The van der Waals surface area contributed by atoms with E-state index in [1.807, 2.05) is 0 Å². The van der Waals surface area contributed by atoms with Crippen LogP contribution in [0.4, 0.5) is 0 Å². The normalized spacial score (nSPS) is 16.1. The molecule has 1 saturated heterocycles. The van der Waals surface area contributed by atoms with Gasteiger partial charge in [0.15, 0.2) is 0 Å². The first kappa shape index (κ1) is 22.0. The fraction of sp³-hybridized carbons (Fsp3) is 0.680. The van der Waals surface area contributed by atoms with Gasteiger partial charge in [0.05, 0.1) is 6.61 Å². The Kier molecular flexibility index (Phi) is 12.0. The van der Waals surface area contributed by atoms with Gasteiger partial charge in [-0.2, -0.15) is 0 Å². The summed E-state index contributed by atoms with van der Waals surface area (Å²) in [5.41, 5.74) is 1.38. The van der Waals surface area contributed by atoms with Crippen LogP contribution in [-0.2, 0) is 11.2 Å². The molecule has 0 saturated carbocycles. The van der Waals surface area contributed by atoms with Gasteiger partial charge in [0, 0.05) is 0 Å². The van der Waals surface area contributed by atoms with Gasteiger partial charge >= 0.3 is 0 Å². The average molecular weight is 373 g/mol. The summed E-state index contributed by atoms with van der Waals surface area (Å²) < 4.78 is 10.8. The molecule has 2 heteroatoms. The number of benzene rings is 1. The van der Waals surface area contributed by atoms with Crippen molar-refractivity contribution in [2.24, 2.45) is 0 Å². The molecule has 1 fully saturated rings. The average Bonchev–Trinajstić information content (AvgIpc) is 3.52. The molecule has 0 aliphatic carbocycles. The molecule has 152 valence electrons. The number of aryl methyl sites for hydroxylation is 1. The van der Waals surface area contributed by atoms with Crippen molar-refractivity contribution in [3.8, 4) is 5.75 Å². The highest BCUT2D eigenvalue weighted by Crippen LogP contribution is 2.17. The van der Waals surface area contributed by atoms with Crippen LogP contribution in [0.1, 0.15) is 89.5 Å². The molecule has 0 N–H and O–H groups in total. The molecule has 1 unspecified atom stereocenters. The predicted octanol–water partition coefficient (Wildman–Crippen LogP) is 7.26. The zero-order valence-electron chi connectivity index (χ0n) is 17.5. The van der Waals surface area contributed by atoms with E-state index in [-0.39, 0.29) is 0 Å². The molecule has 0 radical (unpaired) electrons. The molecule has 0 bridgehead atoms. The van der Waals surface area contributed by atoms with Crippen LogP contribution in [0.3, 0.4) is 0 Å². The third-order valence-electron chi connectivity index (χ3n) is 5.25. The first-order valence-corrected chi connectivity index (χ1v) is 11.4. The van der Waals surface area contributed by atoms with Crippen molar-refractivity contribution in [1.82, 2.24) is 0 Å². The minimum absolute atomic E-state index is 0.324.